The summed E-state index contributed by atoms with van der Waals surface area (Å²) >= 11 is 6.17. The van der Waals surface area contributed by atoms with Crippen LogP contribution in [-0.4, -0.2) is 81.0 Å². The first-order valence-corrected chi connectivity index (χ1v) is 16.6. The van der Waals surface area contributed by atoms with E-state index in [2.05, 4.69) is 27.0 Å². The lowest BCUT2D eigenvalue weighted by atomic mass is 9.95. The molecule has 4 fully saturated rings. The van der Waals surface area contributed by atoms with E-state index in [1.165, 1.54) is 18.2 Å². The summed E-state index contributed by atoms with van der Waals surface area (Å²) in [7, 11) is 0. The highest BCUT2D eigenvalue weighted by Crippen LogP contribution is 2.45. The highest BCUT2D eigenvalue weighted by Gasteiger charge is 2.50. The lowest BCUT2D eigenvalue weighted by Crippen LogP contribution is -2.58. The standard InChI is InChI=1S/C34H34ClF3N6O2/c1-16-9-23-25-6-5-22-27-31(29(38)30(40-22)20-11-19(45)10-17-3-4-21(35)28(37)26(17)20)41-33(42-32(27)44(25)14-24(16)39-23)46-15-34-7-2-8-43(34)13-18(36)12-34/h3-4,10-11,16,18,23-25,39,45H,2,5-9,12-15H2,1H3/t16?,18-,23+,24+,25-,34+/m1/s1. The summed E-state index contributed by atoms with van der Waals surface area (Å²) in [6.07, 6.45) is 3.59. The highest BCUT2D eigenvalue weighted by atomic mass is 35.5. The van der Waals surface area contributed by atoms with Gasteiger partial charge in [-0.25, -0.2) is 18.2 Å². The third-order valence-corrected chi connectivity index (χ3v) is 11.5. The summed E-state index contributed by atoms with van der Waals surface area (Å²) in [5, 5.41) is 15.2. The van der Waals surface area contributed by atoms with Gasteiger partial charge in [-0.1, -0.05) is 24.6 Å². The molecule has 2 N–H and O–H groups in total. The van der Waals surface area contributed by atoms with Crippen molar-refractivity contribution < 1.29 is 23.0 Å². The largest absolute Gasteiger partial charge is 0.508 e. The molecule has 8 nitrogen and oxygen atoms in total. The maximum atomic E-state index is 17.0. The van der Waals surface area contributed by atoms with Crippen molar-refractivity contribution in [3.05, 3.63) is 46.6 Å². The number of aromatic nitrogens is 3. The number of nitrogens with zero attached hydrogens (tertiary/aromatic N) is 5. The van der Waals surface area contributed by atoms with Crippen LogP contribution in [0, 0.1) is 17.6 Å². The van der Waals surface area contributed by atoms with Gasteiger partial charge in [-0.3, -0.25) is 4.90 Å². The van der Waals surface area contributed by atoms with Gasteiger partial charge >= 0.3 is 6.01 Å². The summed E-state index contributed by atoms with van der Waals surface area (Å²) in [5.74, 6) is -0.545. The zero-order chi connectivity index (χ0) is 31.5. The number of rotatable bonds is 4. The molecule has 0 radical (unpaired) electrons. The van der Waals surface area contributed by atoms with Gasteiger partial charge in [0.2, 0.25) is 0 Å². The number of anilines is 1. The van der Waals surface area contributed by atoms with E-state index in [-0.39, 0.29) is 63.7 Å². The van der Waals surface area contributed by atoms with Gasteiger partial charge < -0.3 is 20.1 Å². The second-order valence-electron chi connectivity index (χ2n) is 13.9. The molecular formula is C34H34ClF3N6O2. The molecule has 2 aromatic carbocycles. The predicted molar refractivity (Wildman–Crippen MR) is 169 cm³/mol. The van der Waals surface area contributed by atoms with Crippen LogP contribution in [0.25, 0.3) is 32.9 Å². The minimum atomic E-state index is -0.912. The number of hydrogen-bond donors (Lipinski definition) is 2. The molecule has 4 saturated heterocycles. The van der Waals surface area contributed by atoms with Gasteiger partial charge in [0.15, 0.2) is 5.82 Å². The van der Waals surface area contributed by atoms with E-state index in [9.17, 15) is 9.50 Å². The third kappa shape index (κ3) is 4.23. The Labute approximate surface area is 268 Å². The molecule has 0 aliphatic carbocycles. The van der Waals surface area contributed by atoms with E-state index in [0.717, 1.165) is 32.2 Å². The minimum absolute atomic E-state index is 0.0302. The van der Waals surface area contributed by atoms with Crippen LogP contribution in [0.5, 0.6) is 11.8 Å². The third-order valence-electron chi connectivity index (χ3n) is 11.2. The number of alkyl halides is 1. The van der Waals surface area contributed by atoms with Crippen LogP contribution >= 0.6 is 11.6 Å². The lowest BCUT2D eigenvalue weighted by molar-refractivity contribution is 0.107. The van der Waals surface area contributed by atoms with Gasteiger partial charge in [0.1, 0.15) is 41.4 Å². The number of benzene rings is 2. The van der Waals surface area contributed by atoms with Crippen molar-refractivity contribution in [1.29, 1.82) is 0 Å². The van der Waals surface area contributed by atoms with Crippen molar-refractivity contribution in [1.82, 2.24) is 25.2 Å². The van der Waals surface area contributed by atoms with Gasteiger partial charge in [-0.15, -0.1) is 0 Å². The van der Waals surface area contributed by atoms with Crippen molar-refractivity contribution in [3.8, 4) is 23.0 Å². The number of phenols is 1. The van der Waals surface area contributed by atoms with Crippen LogP contribution in [0.4, 0.5) is 19.0 Å². The second kappa shape index (κ2) is 10.3. The highest BCUT2D eigenvalue weighted by molar-refractivity contribution is 6.31. The first kappa shape index (κ1) is 28.8. The molecule has 0 saturated carbocycles. The monoisotopic (exact) mass is 650 g/mol. The van der Waals surface area contributed by atoms with E-state index >= 15 is 8.78 Å². The Morgan fingerprint density at radius 3 is 2.85 bits per heavy atom. The number of phenolic OH excluding ortho intramolecular Hbond substituents is 1. The summed E-state index contributed by atoms with van der Waals surface area (Å²) in [5.41, 5.74) is 0.189. The lowest BCUT2D eigenvalue weighted by Gasteiger charge is -2.41. The summed E-state index contributed by atoms with van der Waals surface area (Å²) in [6, 6.07) is 6.38. The second-order valence-corrected chi connectivity index (χ2v) is 14.3. The molecular weight excluding hydrogens is 617 g/mol. The van der Waals surface area contributed by atoms with Crippen LogP contribution < -0.4 is 15.0 Å². The van der Waals surface area contributed by atoms with Crippen molar-refractivity contribution in [3.63, 3.8) is 0 Å². The first-order chi connectivity index (χ1) is 22.2. The quantitative estimate of drug-likeness (QED) is 0.281. The topological polar surface area (TPSA) is 86.6 Å². The van der Waals surface area contributed by atoms with Gasteiger partial charge in [0.05, 0.1) is 21.6 Å². The molecule has 0 spiro atoms. The van der Waals surface area contributed by atoms with Crippen LogP contribution in [0.2, 0.25) is 5.02 Å². The number of fused-ring (bicyclic) bond motifs is 7. The average molecular weight is 651 g/mol. The molecule has 240 valence electrons. The van der Waals surface area contributed by atoms with Crippen molar-refractivity contribution in [2.45, 2.75) is 75.3 Å². The summed E-state index contributed by atoms with van der Waals surface area (Å²) < 4.78 is 53.4. The number of halogens is 4. The Balaban J connectivity index is 1.24. The smallest absolute Gasteiger partial charge is 0.319 e. The van der Waals surface area contributed by atoms with Crippen LogP contribution in [0.15, 0.2) is 24.3 Å². The van der Waals surface area contributed by atoms with E-state index in [1.54, 1.807) is 6.07 Å². The van der Waals surface area contributed by atoms with Crippen molar-refractivity contribution in [2.75, 3.05) is 31.1 Å². The molecule has 7 heterocycles. The number of ether oxygens (including phenoxy) is 1. The summed E-state index contributed by atoms with van der Waals surface area (Å²) in [4.78, 5) is 18.9. The molecule has 1 unspecified atom stereocenters. The predicted octanol–water partition coefficient (Wildman–Crippen LogP) is 5.94. The molecule has 2 bridgehead atoms. The molecule has 9 rings (SSSR count). The molecule has 6 atom stereocenters. The average Bonchev–Trinajstić information content (AvgIpc) is 3.62. The number of pyridine rings is 1. The fourth-order valence-corrected chi connectivity index (χ4v) is 9.23. The number of nitrogens with one attached hydrogen (secondary N) is 1. The maximum Gasteiger partial charge on any atom is 0.319 e. The zero-order valence-electron chi connectivity index (χ0n) is 25.4. The van der Waals surface area contributed by atoms with Crippen molar-refractivity contribution >= 4 is 39.1 Å². The summed E-state index contributed by atoms with van der Waals surface area (Å²) in [6.45, 7) is 4.38. The fourth-order valence-electron chi connectivity index (χ4n) is 9.07. The maximum absolute atomic E-state index is 17.0. The van der Waals surface area contributed by atoms with E-state index < -0.39 is 23.3 Å². The molecule has 12 heteroatoms. The Hall–Kier alpha value is -3.41. The SMILES string of the molecule is CC1C[C@@H]2N[C@H]1CN1c3nc(OC[C@@]45CCCN4C[C@H](F)C5)nc4c(F)c(-c5cc(O)cc6ccc(Cl)c(F)c56)nc(c34)CC[C@H]21. The molecule has 46 heavy (non-hydrogen) atoms. The Morgan fingerprint density at radius 1 is 1.11 bits per heavy atom. The molecule has 2 aromatic heterocycles. The van der Waals surface area contributed by atoms with Gasteiger partial charge in [0, 0.05) is 48.6 Å². The van der Waals surface area contributed by atoms with E-state index in [1.807, 2.05) is 0 Å². The molecule has 0 amide bonds. The number of aryl methyl sites for hydroxylation is 1. The molecule has 5 aliphatic rings. The van der Waals surface area contributed by atoms with Gasteiger partial charge in [-0.05, 0) is 68.2 Å². The van der Waals surface area contributed by atoms with Crippen LogP contribution in [0.1, 0.15) is 44.7 Å². The normalized spacial score (nSPS) is 30.2. The van der Waals surface area contributed by atoms with Gasteiger partial charge in [-0.2, -0.15) is 9.97 Å². The van der Waals surface area contributed by atoms with Crippen LogP contribution in [-0.2, 0) is 6.42 Å². The number of aromatic hydroxyl groups is 1. The van der Waals surface area contributed by atoms with Gasteiger partial charge in [0.25, 0.3) is 0 Å². The Bertz CT molecular complexity index is 1930. The van der Waals surface area contributed by atoms with E-state index in [0.29, 0.717) is 54.1 Å². The minimum Gasteiger partial charge on any atom is -0.508 e. The molecule has 5 aliphatic heterocycles. The Kier molecular flexibility index (Phi) is 6.44. The number of piperazine rings is 1. The number of hydrogen-bond acceptors (Lipinski definition) is 8. The fraction of sp³-hybridized carbons (Fsp3) is 0.500. The van der Waals surface area contributed by atoms with Crippen LogP contribution in [0.3, 0.4) is 0 Å². The zero-order valence-corrected chi connectivity index (χ0v) is 26.1. The first-order valence-electron chi connectivity index (χ1n) is 16.2. The molecule has 4 aromatic rings. The Morgan fingerprint density at radius 2 is 1.98 bits per heavy atom. The van der Waals surface area contributed by atoms with Crippen molar-refractivity contribution in [2.24, 2.45) is 5.92 Å². The van der Waals surface area contributed by atoms with E-state index in [4.69, 9.17) is 26.3 Å².